The number of carbonyl (C=O) groups is 3. The summed E-state index contributed by atoms with van der Waals surface area (Å²) in [6.45, 7) is 15.5. The highest BCUT2D eigenvalue weighted by molar-refractivity contribution is 6.76. The van der Waals surface area contributed by atoms with Crippen LogP contribution in [-0.4, -0.2) is 72.0 Å². The Kier molecular flexibility index (Phi) is 11.9. The van der Waals surface area contributed by atoms with E-state index in [9.17, 15) is 27.6 Å². The molecule has 2 amide bonds. The van der Waals surface area contributed by atoms with Gasteiger partial charge in [0.15, 0.2) is 0 Å². The summed E-state index contributed by atoms with van der Waals surface area (Å²) in [7, 11) is -1.43. The Bertz CT molecular complexity index is 1740. The second-order valence-corrected chi connectivity index (χ2v) is 20.2. The van der Waals surface area contributed by atoms with Crippen molar-refractivity contribution in [2.75, 3.05) is 26.3 Å². The molecular weight excluding hydrogens is 657 g/mol. The highest BCUT2D eigenvalue weighted by Gasteiger charge is 2.32. The number of aryl methyl sites for hydroxylation is 1. The van der Waals surface area contributed by atoms with E-state index in [4.69, 9.17) is 14.2 Å². The van der Waals surface area contributed by atoms with Crippen molar-refractivity contribution >= 4 is 37.1 Å². The lowest BCUT2D eigenvalue weighted by Crippen LogP contribution is -2.35. The van der Waals surface area contributed by atoms with Crippen molar-refractivity contribution in [3.63, 3.8) is 0 Å². The number of rotatable bonds is 11. The molecule has 2 aromatic carbocycles. The average Bonchev–Trinajstić information content (AvgIpc) is 3.59. The topological polar surface area (TPSA) is 104 Å². The SMILES string of the molecule is CC(=O)OCCCn1/c(=N\C(=O)c2cccc(C(F)(F)F)c2)n(COCC[Si](C)(C)C)c2cc(C3CCN(C(=O)OC(C)(C)C)C3)ccc21. The fourth-order valence-electron chi connectivity index (χ4n) is 5.55. The molecule has 1 aliphatic rings. The predicted octanol–water partition coefficient (Wildman–Crippen LogP) is 7.19. The molecule has 4 rings (SSSR count). The fraction of sp³-hybridized carbons (Fsp3) is 0.543. The van der Waals surface area contributed by atoms with Gasteiger partial charge in [-0.1, -0.05) is 31.8 Å². The number of hydrogen-bond donors (Lipinski definition) is 0. The molecule has 1 saturated heterocycles. The fourth-order valence-corrected chi connectivity index (χ4v) is 6.31. The van der Waals surface area contributed by atoms with Crippen LogP contribution in [0, 0.1) is 0 Å². The molecule has 10 nitrogen and oxygen atoms in total. The number of ether oxygens (including phenoxy) is 3. The molecule has 0 spiro atoms. The van der Waals surface area contributed by atoms with Crippen LogP contribution in [0.4, 0.5) is 18.0 Å². The first kappa shape index (κ1) is 37.9. The molecule has 1 aromatic heterocycles. The second-order valence-electron chi connectivity index (χ2n) is 14.6. The zero-order chi connectivity index (χ0) is 36.1. The van der Waals surface area contributed by atoms with Crippen molar-refractivity contribution in [1.29, 1.82) is 0 Å². The number of nitrogens with zero attached hydrogens (tertiary/aromatic N) is 4. The molecular formula is C35H47F3N4O6Si. The largest absolute Gasteiger partial charge is 0.466 e. The van der Waals surface area contributed by atoms with Crippen molar-refractivity contribution in [2.24, 2.45) is 4.99 Å². The quantitative estimate of drug-likeness (QED) is 0.119. The molecule has 0 N–H and O–H groups in total. The maximum atomic E-state index is 13.5. The van der Waals surface area contributed by atoms with Gasteiger partial charge in [0.05, 0.1) is 23.2 Å². The van der Waals surface area contributed by atoms with Gasteiger partial charge < -0.3 is 23.7 Å². The number of amides is 2. The number of esters is 1. The van der Waals surface area contributed by atoms with Gasteiger partial charge in [-0.15, -0.1) is 0 Å². The predicted molar refractivity (Wildman–Crippen MR) is 182 cm³/mol. The number of carbonyl (C=O) groups excluding carboxylic acids is 3. The number of aromatic nitrogens is 2. The van der Waals surface area contributed by atoms with Crippen LogP contribution in [0.2, 0.25) is 25.7 Å². The number of alkyl halides is 3. The molecule has 0 radical (unpaired) electrons. The standard InChI is InChI=1S/C35H47F3N4O6Si/c1-24(43)47-17-9-15-41-29-13-12-25(27-14-16-40(22-27)33(45)48-34(2,3)4)21-30(29)42(23-46-18-19-49(5,6)7)32(41)39-31(44)26-10-8-11-28(20-26)35(36,37)38/h8,10-13,20-21,27H,9,14-19,22-23H2,1-7H3/b39-32+. The Morgan fingerprint density at radius 2 is 1.71 bits per heavy atom. The van der Waals surface area contributed by atoms with Crippen LogP contribution >= 0.6 is 0 Å². The Hall–Kier alpha value is -3.91. The maximum absolute atomic E-state index is 13.5. The lowest BCUT2D eigenvalue weighted by Gasteiger charge is -2.24. The monoisotopic (exact) mass is 704 g/mol. The Labute approximate surface area is 285 Å². The first-order chi connectivity index (χ1) is 22.8. The average molecular weight is 705 g/mol. The first-order valence-corrected chi connectivity index (χ1v) is 20.2. The summed E-state index contributed by atoms with van der Waals surface area (Å²) in [5.41, 5.74) is 0.849. The number of fused-ring (bicyclic) bond motifs is 1. The maximum Gasteiger partial charge on any atom is 0.416 e. The molecule has 268 valence electrons. The van der Waals surface area contributed by atoms with E-state index in [0.717, 1.165) is 35.7 Å². The number of likely N-dealkylation sites (tertiary alicyclic amines) is 1. The van der Waals surface area contributed by atoms with Gasteiger partial charge in [-0.05, 0) is 75.6 Å². The van der Waals surface area contributed by atoms with Crippen molar-refractivity contribution in [3.05, 3.63) is 64.8 Å². The lowest BCUT2D eigenvalue weighted by atomic mass is 9.98. The summed E-state index contributed by atoms with van der Waals surface area (Å²) in [5.74, 6) is -1.23. The van der Waals surface area contributed by atoms with Gasteiger partial charge >= 0.3 is 18.2 Å². The van der Waals surface area contributed by atoms with E-state index >= 15 is 0 Å². The minimum Gasteiger partial charge on any atom is -0.466 e. The smallest absolute Gasteiger partial charge is 0.416 e. The summed E-state index contributed by atoms with van der Waals surface area (Å²) in [4.78, 5) is 43.8. The summed E-state index contributed by atoms with van der Waals surface area (Å²) in [5, 5.41) is 0. The molecule has 0 bridgehead atoms. The van der Waals surface area contributed by atoms with E-state index in [1.807, 2.05) is 39.0 Å². The normalized spacial score (nSPS) is 16.0. The van der Waals surface area contributed by atoms with Crippen molar-refractivity contribution in [3.8, 4) is 0 Å². The third-order valence-corrected chi connectivity index (χ3v) is 9.77. The molecule has 49 heavy (non-hydrogen) atoms. The molecule has 1 unspecified atom stereocenters. The minimum absolute atomic E-state index is 0.0256. The highest BCUT2D eigenvalue weighted by Crippen LogP contribution is 2.31. The lowest BCUT2D eigenvalue weighted by molar-refractivity contribution is -0.141. The molecule has 3 aromatic rings. The first-order valence-electron chi connectivity index (χ1n) is 16.5. The van der Waals surface area contributed by atoms with Crippen LogP contribution in [0.1, 0.15) is 67.9 Å². The zero-order valence-corrected chi connectivity index (χ0v) is 30.4. The van der Waals surface area contributed by atoms with Gasteiger partial charge in [0, 0.05) is 52.7 Å². The van der Waals surface area contributed by atoms with E-state index in [0.29, 0.717) is 38.2 Å². The molecule has 1 aliphatic heterocycles. The Morgan fingerprint density at radius 3 is 2.37 bits per heavy atom. The zero-order valence-electron chi connectivity index (χ0n) is 29.4. The summed E-state index contributed by atoms with van der Waals surface area (Å²) in [6, 6.07) is 11.0. The van der Waals surface area contributed by atoms with Gasteiger partial charge in [0.25, 0.3) is 5.91 Å². The molecule has 0 saturated carbocycles. The third-order valence-electron chi connectivity index (χ3n) is 8.06. The summed E-state index contributed by atoms with van der Waals surface area (Å²) in [6.07, 6.45) is -3.86. The van der Waals surface area contributed by atoms with Gasteiger partial charge in [0.1, 0.15) is 12.3 Å². The van der Waals surface area contributed by atoms with E-state index in [2.05, 4.69) is 24.6 Å². The van der Waals surface area contributed by atoms with Crippen LogP contribution in [0.15, 0.2) is 47.5 Å². The minimum atomic E-state index is -4.62. The molecule has 0 aliphatic carbocycles. The molecule has 2 heterocycles. The van der Waals surface area contributed by atoms with Crippen molar-refractivity contribution in [1.82, 2.24) is 14.0 Å². The Morgan fingerprint density at radius 1 is 0.980 bits per heavy atom. The van der Waals surface area contributed by atoms with Crippen molar-refractivity contribution < 1.29 is 41.8 Å². The van der Waals surface area contributed by atoms with Gasteiger partial charge in [-0.25, -0.2) is 4.79 Å². The number of benzene rings is 2. The van der Waals surface area contributed by atoms with Gasteiger partial charge in [0.2, 0.25) is 5.62 Å². The van der Waals surface area contributed by atoms with Crippen LogP contribution in [0.5, 0.6) is 0 Å². The number of imidazole rings is 1. The van der Waals surface area contributed by atoms with Crippen molar-refractivity contribution in [2.45, 2.75) is 97.2 Å². The molecule has 1 atom stereocenters. The molecule has 14 heteroatoms. The van der Waals surface area contributed by atoms with E-state index in [1.54, 1.807) is 14.0 Å². The highest BCUT2D eigenvalue weighted by atomic mass is 28.3. The van der Waals surface area contributed by atoms with Crippen LogP contribution in [0.25, 0.3) is 11.0 Å². The van der Waals surface area contributed by atoms with Crippen LogP contribution in [0.3, 0.4) is 0 Å². The van der Waals surface area contributed by atoms with E-state index < -0.39 is 37.3 Å². The molecule has 1 fully saturated rings. The summed E-state index contributed by atoms with van der Waals surface area (Å²) >= 11 is 0. The second kappa shape index (κ2) is 15.3. The van der Waals surface area contributed by atoms with Gasteiger partial charge in [-0.2, -0.15) is 18.2 Å². The van der Waals surface area contributed by atoms with Crippen LogP contribution < -0.4 is 5.62 Å². The third kappa shape index (κ3) is 10.5. The van der Waals surface area contributed by atoms with Crippen LogP contribution in [-0.2, 0) is 38.5 Å². The van der Waals surface area contributed by atoms with Gasteiger partial charge in [-0.3, -0.25) is 14.2 Å². The van der Waals surface area contributed by atoms with E-state index in [1.165, 1.54) is 19.1 Å². The number of hydrogen-bond acceptors (Lipinski definition) is 6. The Balaban J connectivity index is 1.80. The summed E-state index contributed by atoms with van der Waals surface area (Å²) < 4.78 is 60.9. The number of halogens is 3. The van der Waals surface area contributed by atoms with E-state index in [-0.39, 0.29) is 36.5 Å².